The van der Waals surface area contributed by atoms with Crippen LogP contribution in [0.1, 0.15) is 26.2 Å². The van der Waals surface area contributed by atoms with E-state index in [2.05, 4.69) is 38.8 Å². The summed E-state index contributed by atoms with van der Waals surface area (Å²) < 4.78 is 2.09. The number of rotatable bonds is 5. The topological polar surface area (TPSA) is 43.6 Å². The number of aromatic nitrogens is 4. The number of para-hydroxylation sites is 1. The molecule has 0 atom stereocenters. The summed E-state index contributed by atoms with van der Waals surface area (Å²) in [5.74, 6) is 1.06. The molecule has 4 nitrogen and oxygen atoms in total. The van der Waals surface area contributed by atoms with Gasteiger partial charge in [-0.1, -0.05) is 49.7 Å². The second kappa shape index (κ2) is 5.79. The quantitative estimate of drug-likeness (QED) is 0.528. The maximum absolute atomic E-state index is 4.66. The molecule has 1 aromatic carbocycles. The maximum atomic E-state index is 4.66. The normalized spacial score (nSPS) is 11.5. The van der Waals surface area contributed by atoms with Gasteiger partial charge in [-0.3, -0.25) is 0 Å². The lowest BCUT2D eigenvalue weighted by molar-refractivity contribution is 0.775. The van der Waals surface area contributed by atoms with Crippen LogP contribution < -0.4 is 0 Å². The molecule has 2 heterocycles. The van der Waals surface area contributed by atoms with Crippen LogP contribution in [0.25, 0.3) is 22.1 Å². The first-order chi connectivity index (χ1) is 9.81. The molecule has 0 unspecified atom stereocenters. The molecular weight excluding hydrogens is 268 g/mol. The first-order valence-corrected chi connectivity index (χ1v) is 8.00. The molecule has 0 spiro atoms. The van der Waals surface area contributed by atoms with E-state index >= 15 is 0 Å². The van der Waals surface area contributed by atoms with Gasteiger partial charge in [0.15, 0.2) is 5.65 Å². The summed E-state index contributed by atoms with van der Waals surface area (Å²) in [4.78, 5) is 4.66. The van der Waals surface area contributed by atoms with Crippen LogP contribution in [0.5, 0.6) is 0 Å². The minimum absolute atomic E-state index is 0.777. The molecule has 0 aliphatic heterocycles. The molecular formula is C15H18N4S. The van der Waals surface area contributed by atoms with Gasteiger partial charge in [0.2, 0.25) is 5.16 Å². The third kappa shape index (κ3) is 2.38. The molecule has 2 aromatic heterocycles. The predicted octanol–water partition coefficient (Wildman–Crippen LogP) is 3.80. The minimum Gasteiger partial charge on any atom is -0.327 e. The lowest BCUT2D eigenvalue weighted by Crippen LogP contribution is -1.96. The first kappa shape index (κ1) is 13.4. The minimum atomic E-state index is 0.777. The average molecular weight is 286 g/mol. The lowest BCUT2D eigenvalue weighted by Gasteiger charge is -2.00. The van der Waals surface area contributed by atoms with Crippen molar-refractivity contribution in [2.45, 2.75) is 31.3 Å². The van der Waals surface area contributed by atoms with E-state index in [0.717, 1.165) is 33.0 Å². The van der Waals surface area contributed by atoms with Crippen LogP contribution in [0.3, 0.4) is 0 Å². The van der Waals surface area contributed by atoms with Crippen molar-refractivity contribution in [1.82, 2.24) is 19.7 Å². The molecule has 104 valence electrons. The zero-order chi connectivity index (χ0) is 13.9. The number of benzene rings is 1. The zero-order valence-corrected chi connectivity index (χ0v) is 12.7. The van der Waals surface area contributed by atoms with Crippen molar-refractivity contribution >= 4 is 33.8 Å². The summed E-state index contributed by atoms with van der Waals surface area (Å²) in [5, 5.41) is 10.5. The highest BCUT2D eigenvalue weighted by Crippen LogP contribution is 2.26. The van der Waals surface area contributed by atoms with Crippen molar-refractivity contribution in [3.05, 3.63) is 24.3 Å². The second-order valence-corrected chi connectivity index (χ2v) is 5.96. The fourth-order valence-corrected chi connectivity index (χ4v) is 3.15. The van der Waals surface area contributed by atoms with Crippen LogP contribution in [0.15, 0.2) is 29.4 Å². The van der Waals surface area contributed by atoms with E-state index in [1.54, 1.807) is 11.8 Å². The maximum Gasteiger partial charge on any atom is 0.211 e. The number of unbranched alkanes of at least 4 members (excludes halogenated alkanes) is 2. The van der Waals surface area contributed by atoms with Gasteiger partial charge in [0.1, 0.15) is 5.52 Å². The Morgan fingerprint density at radius 3 is 2.85 bits per heavy atom. The van der Waals surface area contributed by atoms with E-state index in [-0.39, 0.29) is 0 Å². The summed E-state index contributed by atoms with van der Waals surface area (Å²) in [6, 6.07) is 8.22. The number of nitrogens with zero attached hydrogens (tertiary/aromatic N) is 4. The molecule has 0 saturated carbocycles. The van der Waals surface area contributed by atoms with Gasteiger partial charge in [-0.2, -0.15) is 0 Å². The molecule has 0 amide bonds. The van der Waals surface area contributed by atoms with Crippen LogP contribution >= 0.6 is 11.8 Å². The summed E-state index contributed by atoms with van der Waals surface area (Å²) in [5.41, 5.74) is 2.96. The molecule has 0 aliphatic carbocycles. The molecule has 0 N–H and O–H groups in total. The van der Waals surface area contributed by atoms with Crippen molar-refractivity contribution in [2.24, 2.45) is 7.05 Å². The molecule has 5 heteroatoms. The lowest BCUT2D eigenvalue weighted by atomic mass is 10.2. The number of fused-ring (bicyclic) bond motifs is 3. The van der Waals surface area contributed by atoms with Gasteiger partial charge in [0.05, 0.1) is 5.52 Å². The van der Waals surface area contributed by atoms with E-state index in [1.165, 1.54) is 19.3 Å². The molecule has 20 heavy (non-hydrogen) atoms. The smallest absolute Gasteiger partial charge is 0.211 e. The highest BCUT2D eigenvalue weighted by atomic mass is 32.2. The summed E-state index contributed by atoms with van der Waals surface area (Å²) in [6.07, 6.45) is 3.70. The van der Waals surface area contributed by atoms with E-state index in [9.17, 15) is 0 Å². The van der Waals surface area contributed by atoms with Crippen molar-refractivity contribution in [3.63, 3.8) is 0 Å². The SMILES string of the molecule is CCCCCSc1nnc2c3ccccc3n(C)c2n1. The standard InChI is InChI=1S/C15H18N4S/c1-3-4-7-10-20-15-16-14-13(17-18-15)11-8-5-6-9-12(11)19(14)2/h5-6,8-9H,3-4,7,10H2,1-2H3. The van der Waals surface area contributed by atoms with Crippen molar-refractivity contribution < 1.29 is 0 Å². The van der Waals surface area contributed by atoms with Crippen LogP contribution in [0.2, 0.25) is 0 Å². The number of hydrogen-bond donors (Lipinski definition) is 0. The molecule has 0 saturated heterocycles. The Labute approximate surface area is 122 Å². The van der Waals surface area contributed by atoms with Gasteiger partial charge in [0, 0.05) is 18.2 Å². The fourth-order valence-electron chi connectivity index (χ4n) is 2.37. The predicted molar refractivity (Wildman–Crippen MR) is 84.1 cm³/mol. The third-order valence-electron chi connectivity index (χ3n) is 3.47. The second-order valence-electron chi connectivity index (χ2n) is 4.90. The Bertz CT molecular complexity index is 735. The third-order valence-corrected chi connectivity index (χ3v) is 4.39. The van der Waals surface area contributed by atoms with Gasteiger partial charge >= 0.3 is 0 Å². The summed E-state index contributed by atoms with van der Waals surface area (Å²) in [6.45, 7) is 2.21. The molecule has 0 radical (unpaired) electrons. The Balaban J connectivity index is 1.95. The highest BCUT2D eigenvalue weighted by Gasteiger charge is 2.11. The van der Waals surface area contributed by atoms with Crippen molar-refractivity contribution in [3.8, 4) is 0 Å². The van der Waals surface area contributed by atoms with Crippen LogP contribution in [0, 0.1) is 0 Å². The molecule has 0 fully saturated rings. The highest BCUT2D eigenvalue weighted by molar-refractivity contribution is 7.99. The van der Waals surface area contributed by atoms with E-state index in [4.69, 9.17) is 0 Å². The van der Waals surface area contributed by atoms with Crippen LogP contribution in [-0.2, 0) is 7.05 Å². The zero-order valence-electron chi connectivity index (χ0n) is 11.8. The van der Waals surface area contributed by atoms with Gasteiger partial charge in [-0.15, -0.1) is 10.2 Å². The fraction of sp³-hybridized carbons (Fsp3) is 0.400. The molecule has 3 rings (SSSR count). The summed E-state index contributed by atoms with van der Waals surface area (Å²) in [7, 11) is 2.03. The largest absolute Gasteiger partial charge is 0.327 e. The number of thioether (sulfide) groups is 1. The first-order valence-electron chi connectivity index (χ1n) is 7.02. The Kier molecular flexibility index (Phi) is 3.87. The van der Waals surface area contributed by atoms with E-state index < -0.39 is 0 Å². The van der Waals surface area contributed by atoms with Crippen LogP contribution in [-0.4, -0.2) is 25.5 Å². The van der Waals surface area contributed by atoms with Gasteiger partial charge < -0.3 is 4.57 Å². The van der Waals surface area contributed by atoms with Crippen LogP contribution in [0.4, 0.5) is 0 Å². The molecule has 0 bridgehead atoms. The Morgan fingerprint density at radius 2 is 2.00 bits per heavy atom. The molecule has 0 aliphatic rings. The van der Waals surface area contributed by atoms with Gasteiger partial charge in [-0.05, 0) is 12.5 Å². The Morgan fingerprint density at radius 1 is 1.15 bits per heavy atom. The molecule has 3 aromatic rings. The summed E-state index contributed by atoms with van der Waals surface area (Å²) >= 11 is 1.70. The van der Waals surface area contributed by atoms with E-state index in [1.807, 2.05) is 19.2 Å². The number of hydrogen-bond acceptors (Lipinski definition) is 4. The van der Waals surface area contributed by atoms with Gasteiger partial charge in [-0.25, -0.2) is 4.98 Å². The van der Waals surface area contributed by atoms with E-state index in [0.29, 0.717) is 0 Å². The van der Waals surface area contributed by atoms with Crippen molar-refractivity contribution in [2.75, 3.05) is 5.75 Å². The van der Waals surface area contributed by atoms with Gasteiger partial charge in [0.25, 0.3) is 0 Å². The monoisotopic (exact) mass is 286 g/mol. The number of aryl methyl sites for hydroxylation is 1. The van der Waals surface area contributed by atoms with Crippen molar-refractivity contribution in [1.29, 1.82) is 0 Å². The Hall–Kier alpha value is -1.62. The average Bonchev–Trinajstić information content (AvgIpc) is 2.77.